The van der Waals surface area contributed by atoms with Crippen LogP contribution in [0.5, 0.6) is 0 Å². The van der Waals surface area contributed by atoms with Crippen molar-refractivity contribution in [3.05, 3.63) is 0 Å². The van der Waals surface area contributed by atoms with Gasteiger partial charge in [-0.15, -0.1) is 0 Å². The zero-order chi connectivity index (χ0) is 42.9. The molecule has 0 aromatic carbocycles. The molecule has 2 unspecified atom stereocenters. The summed E-state index contributed by atoms with van der Waals surface area (Å²) >= 11 is 0. The number of hydrogen-bond donors (Lipinski definition) is 3. The van der Waals surface area contributed by atoms with Crippen molar-refractivity contribution in [3.8, 4) is 0 Å². The summed E-state index contributed by atoms with van der Waals surface area (Å²) in [6, 6.07) is 0. The lowest BCUT2D eigenvalue weighted by atomic mass is 9.78. The molecule has 9 heteroatoms. The Morgan fingerprint density at radius 1 is 0.379 bits per heavy atom. The first-order valence-electron chi connectivity index (χ1n) is 25.8. The van der Waals surface area contributed by atoms with E-state index in [4.69, 9.17) is 4.52 Å². The summed E-state index contributed by atoms with van der Waals surface area (Å²) in [7, 11) is -10.2. The van der Waals surface area contributed by atoms with Gasteiger partial charge in [0.05, 0.1) is 5.60 Å². The van der Waals surface area contributed by atoms with Crippen LogP contribution in [0.4, 0.5) is 0 Å². The van der Waals surface area contributed by atoms with E-state index in [0.29, 0.717) is 6.42 Å². The first-order valence-corrected chi connectivity index (χ1v) is 28.8. The standard InChI is InChI=1S/C49H102O7P2/c1-5-8-11-14-17-20-22-24-26-28-30-32-34-36-39-42-45-48(46-43-40-37-35-33-31-29-27-25-23-21-18-15-12-9-6-2)49(4,55-58(53,54)56-57(50,51)52)47-44-41-38-19-16-13-10-7-3/h48H,5-47H2,1-4H3,(H,53,54)(H2,50,51,52). The van der Waals surface area contributed by atoms with Crippen LogP contribution in [0.2, 0.25) is 0 Å². The molecule has 0 aliphatic heterocycles. The van der Waals surface area contributed by atoms with Crippen LogP contribution in [0.15, 0.2) is 0 Å². The van der Waals surface area contributed by atoms with Crippen molar-refractivity contribution in [2.45, 2.75) is 309 Å². The maximum atomic E-state index is 13.1. The number of phosphoric acid groups is 2. The Kier molecular flexibility index (Phi) is 41.5. The minimum Gasteiger partial charge on any atom is -0.302 e. The first-order chi connectivity index (χ1) is 28.0. The molecule has 0 saturated carbocycles. The van der Waals surface area contributed by atoms with Crippen LogP contribution in [0, 0.1) is 5.92 Å². The summed E-state index contributed by atoms with van der Waals surface area (Å²) < 4.78 is 35.0. The largest absolute Gasteiger partial charge is 0.481 e. The van der Waals surface area contributed by atoms with Gasteiger partial charge in [-0.2, -0.15) is 4.31 Å². The summed E-state index contributed by atoms with van der Waals surface area (Å²) in [5, 5.41) is 0. The predicted octanol–water partition coefficient (Wildman–Crippen LogP) is 18.4. The second-order valence-electron chi connectivity index (χ2n) is 18.6. The predicted molar refractivity (Wildman–Crippen MR) is 251 cm³/mol. The fourth-order valence-electron chi connectivity index (χ4n) is 8.98. The maximum absolute atomic E-state index is 13.1. The van der Waals surface area contributed by atoms with Crippen LogP contribution in [-0.2, 0) is 18.0 Å². The zero-order valence-electron chi connectivity index (χ0n) is 39.4. The minimum absolute atomic E-state index is 0.0242. The smallest absolute Gasteiger partial charge is 0.302 e. The molecule has 0 aromatic rings. The Morgan fingerprint density at radius 3 is 0.845 bits per heavy atom. The van der Waals surface area contributed by atoms with Crippen LogP contribution < -0.4 is 0 Å². The summed E-state index contributed by atoms with van der Waals surface area (Å²) in [5.74, 6) is 0.0242. The van der Waals surface area contributed by atoms with Gasteiger partial charge in [0.15, 0.2) is 0 Å². The normalized spacial score (nSPS) is 14.3. The monoisotopic (exact) mass is 865 g/mol. The highest BCUT2D eigenvalue weighted by atomic mass is 31.3. The molecule has 0 aromatic heterocycles. The highest BCUT2D eigenvalue weighted by Gasteiger charge is 2.44. The summed E-state index contributed by atoms with van der Waals surface area (Å²) in [4.78, 5) is 29.4. The van der Waals surface area contributed by atoms with E-state index in [-0.39, 0.29) is 5.92 Å². The van der Waals surface area contributed by atoms with Crippen molar-refractivity contribution in [3.63, 3.8) is 0 Å². The van der Waals surface area contributed by atoms with Gasteiger partial charge in [-0.3, -0.25) is 4.52 Å². The molecule has 0 fully saturated rings. The molecule has 0 bridgehead atoms. The Morgan fingerprint density at radius 2 is 0.603 bits per heavy atom. The third-order valence-electron chi connectivity index (χ3n) is 12.7. The number of rotatable bonds is 48. The third kappa shape index (κ3) is 40.3. The molecule has 0 saturated heterocycles. The van der Waals surface area contributed by atoms with Crippen LogP contribution >= 0.6 is 15.6 Å². The Balaban J connectivity index is 4.95. The van der Waals surface area contributed by atoms with E-state index < -0.39 is 21.2 Å². The Labute approximate surface area is 362 Å². The molecule has 58 heavy (non-hydrogen) atoms. The van der Waals surface area contributed by atoms with Gasteiger partial charge in [0.1, 0.15) is 0 Å². The fraction of sp³-hybridized carbons (Fsp3) is 1.00. The van der Waals surface area contributed by atoms with E-state index in [2.05, 4.69) is 25.1 Å². The molecular weight excluding hydrogens is 762 g/mol. The maximum Gasteiger partial charge on any atom is 0.481 e. The van der Waals surface area contributed by atoms with Crippen molar-refractivity contribution in [2.24, 2.45) is 5.92 Å². The Bertz CT molecular complexity index is 908. The van der Waals surface area contributed by atoms with Crippen LogP contribution in [-0.4, -0.2) is 20.3 Å². The summed E-state index contributed by atoms with van der Waals surface area (Å²) in [6.45, 7) is 8.69. The van der Waals surface area contributed by atoms with Gasteiger partial charge in [0.25, 0.3) is 0 Å². The van der Waals surface area contributed by atoms with E-state index in [1.165, 1.54) is 212 Å². The first kappa shape index (κ1) is 58.3. The van der Waals surface area contributed by atoms with Gasteiger partial charge in [-0.05, 0) is 32.1 Å². The second kappa shape index (κ2) is 41.3. The summed E-state index contributed by atoms with van der Waals surface area (Å²) in [5.41, 5.74) is -0.993. The lowest BCUT2D eigenvalue weighted by molar-refractivity contribution is -0.0181. The van der Waals surface area contributed by atoms with Gasteiger partial charge in [0.2, 0.25) is 0 Å². The van der Waals surface area contributed by atoms with Gasteiger partial charge < -0.3 is 14.7 Å². The van der Waals surface area contributed by atoms with Crippen molar-refractivity contribution in [1.29, 1.82) is 0 Å². The number of phosphoric ester groups is 1. The molecule has 0 heterocycles. The number of hydrogen-bond acceptors (Lipinski definition) is 4. The van der Waals surface area contributed by atoms with Crippen molar-refractivity contribution in [1.82, 2.24) is 0 Å². The van der Waals surface area contributed by atoms with Crippen LogP contribution in [0.3, 0.4) is 0 Å². The second-order valence-corrected chi connectivity index (χ2v) is 21.3. The lowest BCUT2D eigenvalue weighted by Gasteiger charge is -2.39. The Hall–Kier alpha value is 0.260. The molecule has 0 amide bonds. The topological polar surface area (TPSA) is 113 Å². The van der Waals surface area contributed by atoms with Gasteiger partial charge in [-0.1, -0.05) is 278 Å². The average molecular weight is 865 g/mol. The van der Waals surface area contributed by atoms with Gasteiger partial charge in [-0.25, -0.2) is 9.13 Å². The molecular formula is C49H102O7P2. The number of unbranched alkanes of at least 4 members (excludes halogenated alkanes) is 37. The molecule has 0 aliphatic carbocycles. The van der Waals surface area contributed by atoms with E-state index in [1.807, 2.05) is 6.92 Å². The molecule has 0 spiro atoms. The molecule has 3 N–H and O–H groups in total. The van der Waals surface area contributed by atoms with E-state index in [0.717, 1.165) is 57.8 Å². The molecule has 350 valence electrons. The SMILES string of the molecule is CCCCCCCCCCCCCCCCCCC(CCCCCCCCCCCCCCCCCC)C(C)(CCCCCCCCCC)OP(=O)(O)OP(=O)(O)O. The van der Waals surface area contributed by atoms with Crippen LogP contribution in [0.1, 0.15) is 304 Å². The van der Waals surface area contributed by atoms with Crippen molar-refractivity contribution >= 4 is 15.6 Å². The van der Waals surface area contributed by atoms with E-state index >= 15 is 0 Å². The van der Waals surface area contributed by atoms with Gasteiger partial charge >= 0.3 is 15.6 Å². The van der Waals surface area contributed by atoms with Crippen molar-refractivity contribution in [2.75, 3.05) is 0 Å². The van der Waals surface area contributed by atoms with E-state index in [1.54, 1.807) is 0 Å². The highest BCUT2D eigenvalue weighted by Crippen LogP contribution is 2.61. The summed E-state index contributed by atoms with van der Waals surface area (Å²) in [6.07, 6.45) is 53.8. The van der Waals surface area contributed by atoms with Crippen molar-refractivity contribution < 1.29 is 32.6 Å². The molecule has 0 aliphatic rings. The van der Waals surface area contributed by atoms with Gasteiger partial charge in [0, 0.05) is 0 Å². The van der Waals surface area contributed by atoms with Crippen LogP contribution in [0.25, 0.3) is 0 Å². The molecule has 7 nitrogen and oxygen atoms in total. The minimum atomic E-state index is -5.20. The average Bonchev–Trinajstić information content (AvgIpc) is 3.16. The molecule has 0 radical (unpaired) electrons. The zero-order valence-corrected chi connectivity index (χ0v) is 41.1. The lowest BCUT2D eigenvalue weighted by Crippen LogP contribution is -2.37. The quantitative estimate of drug-likeness (QED) is 0.0412. The highest BCUT2D eigenvalue weighted by molar-refractivity contribution is 7.60. The fourth-order valence-corrected chi connectivity index (χ4v) is 11.0. The molecule has 2 atom stereocenters. The molecule has 0 rings (SSSR count). The third-order valence-corrected chi connectivity index (χ3v) is 15.1. The van der Waals surface area contributed by atoms with E-state index in [9.17, 15) is 23.8 Å².